The van der Waals surface area contributed by atoms with Crippen LogP contribution in [0.2, 0.25) is 0 Å². The van der Waals surface area contributed by atoms with Crippen molar-refractivity contribution in [3.63, 3.8) is 0 Å². The van der Waals surface area contributed by atoms with Gasteiger partial charge in [-0.2, -0.15) is 0 Å². The largest absolute Gasteiger partial charge is 0.304 e. The highest BCUT2D eigenvalue weighted by Gasteiger charge is 2.25. The van der Waals surface area contributed by atoms with Crippen molar-refractivity contribution in [1.29, 1.82) is 0 Å². The fraction of sp³-hybridized carbons (Fsp3) is 0.250. The van der Waals surface area contributed by atoms with E-state index in [0.717, 1.165) is 28.0 Å². The van der Waals surface area contributed by atoms with E-state index in [0.29, 0.717) is 0 Å². The van der Waals surface area contributed by atoms with Crippen molar-refractivity contribution in [2.45, 2.75) is 19.5 Å². The Morgan fingerprint density at radius 3 is 2.88 bits per heavy atom. The Kier molecular flexibility index (Phi) is 2.45. The van der Waals surface area contributed by atoms with Crippen molar-refractivity contribution in [2.24, 2.45) is 0 Å². The normalized spacial score (nSPS) is 18.4. The molecule has 2 aromatic rings. The van der Waals surface area contributed by atoms with Gasteiger partial charge in [0.25, 0.3) is 5.56 Å². The molecule has 0 fully saturated rings. The Morgan fingerprint density at radius 2 is 2.18 bits per heavy atom. The molecule has 1 aliphatic heterocycles. The Morgan fingerprint density at radius 1 is 1.41 bits per heavy atom. The highest BCUT2D eigenvalue weighted by molar-refractivity contribution is 9.10. The zero-order valence-electron chi connectivity index (χ0n) is 9.33. The molecule has 5 heteroatoms. The minimum Gasteiger partial charge on any atom is -0.304 e. The number of para-hydroxylation sites is 1. The van der Waals surface area contributed by atoms with Crippen LogP contribution in [0.3, 0.4) is 0 Å². The number of benzene rings is 1. The number of nitrogens with zero attached hydrogens (tertiary/aromatic N) is 1. The van der Waals surface area contributed by atoms with Crippen LogP contribution < -0.4 is 10.9 Å². The molecule has 1 atom stereocenters. The van der Waals surface area contributed by atoms with Crippen molar-refractivity contribution in [2.75, 3.05) is 0 Å². The summed E-state index contributed by atoms with van der Waals surface area (Å²) in [5.74, 6) is 0. The van der Waals surface area contributed by atoms with E-state index in [2.05, 4.69) is 26.3 Å². The smallest absolute Gasteiger partial charge is 0.276 e. The van der Waals surface area contributed by atoms with E-state index in [1.165, 1.54) is 0 Å². The van der Waals surface area contributed by atoms with Gasteiger partial charge in [-0.05, 0) is 35.0 Å². The summed E-state index contributed by atoms with van der Waals surface area (Å²) in [7, 11) is 0. The molecule has 1 aromatic heterocycles. The van der Waals surface area contributed by atoms with E-state index in [-0.39, 0.29) is 11.6 Å². The SMILES string of the molecule is CC1NCc2[nH]n(-c3ccccc3Br)c(=O)c21. The van der Waals surface area contributed by atoms with Crippen LogP contribution in [0, 0.1) is 0 Å². The van der Waals surface area contributed by atoms with Gasteiger partial charge in [-0.15, -0.1) is 0 Å². The zero-order valence-corrected chi connectivity index (χ0v) is 10.9. The number of aromatic amines is 1. The van der Waals surface area contributed by atoms with Crippen LogP contribution in [0.1, 0.15) is 24.2 Å². The molecule has 0 radical (unpaired) electrons. The number of H-pyrrole nitrogens is 1. The summed E-state index contributed by atoms with van der Waals surface area (Å²) in [5, 5.41) is 6.40. The van der Waals surface area contributed by atoms with Crippen molar-refractivity contribution in [3.05, 3.63) is 50.3 Å². The molecule has 88 valence electrons. The topological polar surface area (TPSA) is 49.8 Å². The average molecular weight is 294 g/mol. The number of hydrogen-bond donors (Lipinski definition) is 2. The lowest BCUT2D eigenvalue weighted by atomic mass is 10.2. The lowest BCUT2D eigenvalue weighted by Gasteiger charge is -2.06. The third-order valence-corrected chi connectivity index (χ3v) is 3.79. The van der Waals surface area contributed by atoms with E-state index in [1.54, 1.807) is 4.68 Å². The summed E-state index contributed by atoms with van der Waals surface area (Å²) in [5.41, 5.74) is 2.71. The monoisotopic (exact) mass is 293 g/mol. The first-order valence-electron chi connectivity index (χ1n) is 5.50. The molecule has 4 nitrogen and oxygen atoms in total. The predicted molar refractivity (Wildman–Crippen MR) is 69.3 cm³/mol. The van der Waals surface area contributed by atoms with Crippen LogP contribution in [0.25, 0.3) is 5.69 Å². The third-order valence-electron chi connectivity index (χ3n) is 3.12. The van der Waals surface area contributed by atoms with Crippen LogP contribution in [-0.4, -0.2) is 9.78 Å². The molecule has 0 spiro atoms. The highest BCUT2D eigenvalue weighted by Crippen LogP contribution is 2.23. The molecule has 17 heavy (non-hydrogen) atoms. The average Bonchev–Trinajstić information content (AvgIpc) is 2.82. The van der Waals surface area contributed by atoms with E-state index >= 15 is 0 Å². The highest BCUT2D eigenvalue weighted by atomic mass is 79.9. The van der Waals surface area contributed by atoms with Crippen LogP contribution in [-0.2, 0) is 6.54 Å². The van der Waals surface area contributed by atoms with Gasteiger partial charge in [0.2, 0.25) is 0 Å². The van der Waals surface area contributed by atoms with E-state index in [1.807, 2.05) is 31.2 Å². The van der Waals surface area contributed by atoms with E-state index in [4.69, 9.17) is 0 Å². The number of rotatable bonds is 1. The summed E-state index contributed by atoms with van der Waals surface area (Å²) < 4.78 is 2.51. The summed E-state index contributed by atoms with van der Waals surface area (Å²) in [4.78, 5) is 12.3. The van der Waals surface area contributed by atoms with Gasteiger partial charge < -0.3 is 5.32 Å². The van der Waals surface area contributed by atoms with Crippen LogP contribution in [0.15, 0.2) is 33.5 Å². The Balaban J connectivity index is 2.22. The number of fused-ring (bicyclic) bond motifs is 1. The second-order valence-electron chi connectivity index (χ2n) is 4.20. The van der Waals surface area contributed by atoms with Gasteiger partial charge in [-0.3, -0.25) is 9.89 Å². The summed E-state index contributed by atoms with van der Waals surface area (Å²) >= 11 is 3.46. The fourth-order valence-electron chi connectivity index (χ4n) is 2.24. The van der Waals surface area contributed by atoms with Crippen molar-refractivity contribution in [3.8, 4) is 5.69 Å². The molecule has 0 saturated carbocycles. The second-order valence-corrected chi connectivity index (χ2v) is 5.05. The van der Waals surface area contributed by atoms with Gasteiger partial charge in [0.1, 0.15) is 0 Å². The van der Waals surface area contributed by atoms with Gasteiger partial charge >= 0.3 is 0 Å². The van der Waals surface area contributed by atoms with Gasteiger partial charge in [0, 0.05) is 17.1 Å². The molecule has 1 unspecified atom stereocenters. The van der Waals surface area contributed by atoms with Crippen LogP contribution >= 0.6 is 15.9 Å². The lowest BCUT2D eigenvalue weighted by molar-refractivity contribution is 0.611. The molecule has 0 aliphatic carbocycles. The maximum absolute atomic E-state index is 12.3. The summed E-state index contributed by atoms with van der Waals surface area (Å²) in [6, 6.07) is 7.81. The summed E-state index contributed by atoms with van der Waals surface area (Å²) in [6.07, 6.45) is 0. The van der Waals surface area contributed by atoms with Crippen molar-refractivity contribution < 1.29 is 0 Å². The maximum Gasteiger partial charge on any atom is 0.276 e. The molecular formula is C12H12BrN3O. The van der Waals surface area contributed by atoms with Gasteiger partial charge in [0.05, 0.1) is 16.9 Å². The van der Waals surface area contributed by atoms with Crippen molar-refractivity contribution >= 4 is 15.9 Å². The quantitative estimate of drug-likeness (QED) is 0.846. The molecule has 2 heterocycles. The minimum absolute atomic E-state index is 0.0319. The van der Waals surface area contributed by atoms with Crippen LogP contribution in [0.5, 0.6) is 0 Å². The Hall–Kier alpha value is -1.33. The molecule has 1 aromatic carbocycles. The number of halogens is 1. The molecule has 3 rings (SSSR count). The first kappa shape index (κ1) is 10.8. The molecule has 1 aliphatic rings. The minimum atomic E-state index is 0.0319. The zero-order chi connectivity index (χ0) is 12.0. The van der Waals surface area contributed by atoms with Crippen molar-refractivity contribution in [1.82, 2.24) is 15.1 Å². The second kappa shape index (κ2) is 3.85. The van der Waals surface area contributed by atoms with Gasteiger partial charge in [-0.25, -0.2) is 4.68 Å². The molecule has 2 N–H and O–H groups in total. The predicted octanol–water partition coefficient (Wildman–Crippen LogP) is 2.09. The Labute approximate surface area is 107 Å². The third kappa shape index (κ3) is 1.57. The first-order chi connectivity index (χ1) is 8.18. The van der Waals surface area contributed by atoms with Gasteiger partial charge in [-0.1, -0.05) is 12.1 Å². The van der Waals surface area contributed by atoms with E-state index in [9.17, 15) is 4.79 Å². The lowest BCUT2D eigenvalue weighted by Crippen LogP contribution is -2.22. The molecule has 0 amide bonds. The number of aromatic nitrogens is 2. The number of hydrogen-bond acceptors (Lipinski definition) is 2. The Bertz CT molecular complexity index is 629. The molecule has 0 saturated heterocycles. The van der Waals surface area contributed by atoms with E-state index < -0.39 is 0 Å². The molecular weight excluding hydrogens is 282 g/mol. The standard InChI is InChI=1S/C12H12BrN3O/c1-7-11-9(6-14-7)15-16(12(11)17)10-5-3-2-4-8(10)13/h2-5,7,14-15H,6H2,1H3. The maximum atomic E-state index is 12.3. The summed E-state index contributed by atoms with van der Waals surface area (Å²) in [6.45, 7) is 2.73. The number of nitrogens with one attached hydrogen (secondary N) is 2. The van der Waals surface area contributed by atoms with Gasteiger partial charge in [0.15, 0.2) is 0 Å². The molecule has 0 bridgehead atoms. The van der Waals surface area contributed by atoms with Crippen LogP contribution in [0.4, 0.5) is 0 Å². The first-order valence-corrected chi connectivity index (χ1v) is 6.30. The fourth-order valence-corrected chi connectivity index (χ4v) is 2.70.